The molecular weight excluding hydrogens is 807 g/mol. The van der Waals surface area contributed by atoms with E-state index in [1.165, 1.54) is 75.1 Å². The van der Waals surface area contributed by atoms with E-state index in [1.807, 2.05) is 22.7 Å². The molecule has 2 aliphatic rings. The van der Waals surface area contributed by atoms with Gasteiger partial charge in [-0.2, -0.15) is 0 Å². The van der Waals surface area contributed by atoms with Crippen LogP contribution in [0.15, 0.2) is 97.1 Å². The maximum absolute atomic E-state index is 4.04. The van der Waals surface area contributed by atoms with Crippen molar-refractivity contribution < 1.29 is 17.4 Å². The topological polar surface area (TPSA) is 0 Å². The molecule has 2 aliphatic carbocycles. The molecule has 6 aromatic rings. The largest absolute Gasteiger partial charge is 0.147 e. The molecule has 0 fully saturated rings. The molecule has 0 saturated carbocycles. The van der Waals surface area contributed by atoms with Crippen LogP contribution >= 0.6 is 47.5 Å². The predicted molar refractivity (Wildman–Crippen MR) is 237 cm³/mol. The molecule has 0 N–H and O–H groups in total. The van der Waals surface area contributed by atoms with Gasteiger partial charge in [0.05, 0.1) is 0 Å². The van der Waals surface area contributed by atoms with Crippen LogP contribution in [0.5, 0.6) is 0 Å². The zero-order chi connectivity index (χ0) is 35.1. The Morgan fingerprint density at radius 2 is 0.885 bits per heavy atom. The average Bonchev–Trinajstić information content (AvgIpc) is 3.88. The van der Waals surface area contributed by atoms with Gasteiger partial charge in [-0.15, -0.1) is 24.8 Å². The van der Waals surface area contributed by atoms with E-state index < -0.39 is 17.4 Å². The molecule has 4 aromatic carbocycles. The summed E-state index contributed by atoms with van der Waals surface area (Å²) in [6.07, 6.45) is 5.25. The van der Waals surface area contributed by atoms with E-state index in [4.69, 9.17) is 0 Å². The monoisotopic (exact) mass is 852 g/mol. The number of aryl methyl sites for hydroxylation is 4. The minimum absolute atomic E-state index is 0. The zero-order valence-electron chi connectivity index (χ0n) is 31.4. The fourth-order valence-corrected chi connectivity index (χ4v) is 30.1. The van der Waals surface area contributed by atoms with Gasteiger partial charge in [-0.3, -0.25) is 0 Å². The van der Waals surface area contributed by atoms with Gasteiger partial charge in [0.15, 0.2) is 0 Å². The summed E-state index contributed by atoms with van der Waals surface area (Å²) in [5.74, 6) is 0. The molecule has 0 nitrogen and oxygen atoms in total. The van der Waals surface area contributed by atoms with E-state index >= 15 is 0 Å². The van der Waals surface area contributed by atoms with E-state index in [-0.39, 0.29) is 24.8 Å². The minimum Gasteiger partial charge on any atom is -0.147 e. The van der Waals surface area contributed by atoms with Crippen LogP contribution in [-0.4, -0.2) is 6.88 Å². The molecule has 2 heterocycles. The standard InChI is InChI=1S/2C22H19S.2CH3.2ClH.H2Si.Zr/c2*1-14-11-18-12-19(21-10-9-15(2)23-21)13-20(18)22(16(14)3)17-7-5-4-6-8-17;;;;;;/h2*4-13H,1-3H3;2*1H3;2*1H;1H2;. The van der Waals surface area contributed by atoms with Crippen LogP contribution in [0, 0.1) is 41.5 Å². The third kappa shape index (κ3) is 6.30. The number of benzene rings is 4. The number of hydrogen-bond acceptors (Lipinski definition) is 2. The van der Waals surface area contributed by atoms with Gasteiger partial charge in [0.25, 0.3) is 0 Å². The van der Waals surface area contributed by atoms with Crippen LogP contribution in [0.3, 0.4) is 0 Å². The molecule has 266 valence electrons. The summed E-state index contributed by atoms with van der Waals surface area (Å²) in [7, 11) is 0. The molecule has 6 heteroatoms. The molecule has 2 aromatic heterocycles. The maximum atomic E-state index is 2.80. The van der Waals surface area contributed by atoms with E-state index in [1.54, 1.807) is 22.3 Å². The Hall–Kier alpha value is -2.56. The molecule has 8 rings (SSSR count). The van der Waals surface area contributed by atoms with Gasteiger partial charge in [0, 0.05) is 0 Å². The van der Waals surface area contributed by atoms with E-state index in [9.17, 15) is 0 Å². The normalized spacial score (nSPS) is 16.4. The molecule has 2 atom stereocenters. The van der Waals surface area contributed by atoms with Crippen LogP contribution in [0.25, 0.3) is 45.6 Å². The Kier molecular flexibility index (Phi) is 10.7. The van der Waals surface area contributed by atoms with Gasteiger partial charge in [0.1, 0.15) is 0 Å². The molecule has 2 unspecified atom stereocenters. The number of fused-ring (bicyclic) bond motifs is 2. The van der Waals surface area contributed by atoms with Gasteiger partial charge in [-0.1, -0.05) is 0 Å². The first kappa shape index (κ1) is 39.1. The second kappa shape index (κ2) is 14.3. The van der Waals surface area contributed by atoms with Gasteiger partial charge in [0.2, 0.25) is 0 Å². The van der Waals surface area contributed by atoms with Crippen LogP contribution in [0.1, 0.15) is 71.3 Å². The smallest absolute Gasteiger partial charge is 0.147 e. The third-order valence-electron chi connectivity index (χ3n) is 11.8. The van der Waals surface area contributed by atoms with Crippen molar-refractivity contribution in [1.82, 2.24) is 0 Å². The molecule has 0 bridgehead atoms. The summed E-state index contributed by atoms with van der Waals surface area (Å²) >= 11 is -0.0989. The van der Waals surface area contributed by atoms with Gasteiger partial charge in [-0.25, -0.2) is 0 Å². The van der Waals surface area contributed by atoms with Crippen molar-refractivity contribution in [3.8, 4) is 22.3 Å². The van der Waals surface area contributed by atoms with Crippen molar-refractivity contribution in [2.24, 2.45) is 0 Å². The third-order valence-corrected chi connectivity index (χ3v) is 31.1. The first-order valence-electron chi connectivity index (χ1n) is 17.9. The quantitative estimate of drug-likeness (QED) is 0.146. The Morgan fingerprint density at radius 3 is 1.21 bits per heavy atom. The van der Waals surface area contributed by atoms with E-state index in [0.29, 0.717) is 7.25 Å². The number of rotatable bonds is 6. The first-order valence-corrected chi connectivity index (χ1v) is 33.2. The van der Waals surface area contributed by atoms with Crippen molar-refractivity contribution in [2.75, 3.05) is 0 Å². The van der Waals surface area contributed by atoms with Crippen molar-refractivity contribution >= 4 is 77.7 Å². The summed E-state index contributed by atoms with van der Waals surface area (Å²) in [6, 6.07) is 36.9. The summed E-state index contributed by atoms with van der Waals surface area (Å²) in [4.78, 5) is 5.64. The van der Waals surface area contributed by atoms with Gasteiger partial charge < -0.3 is 0 Å². The maximum Gasteiger partial charge on any atom is -0.147 e. The molecule has 0 radical (unpaired) electrons. The van der Waals surface area contributed by atoms with Gasteiger partial charge >= 0.3 is 312 Å². The molecule has 52 heavy (non-hydrogen) atoms. The SMILES string of the molecule is Cc1ccc(C2=Cc3c(cc(C)c(C)c3-c3ccccc3)[CH]2[Zr]([CH3])([CH3])(=[SiH2])[CH]2C(c3ccc(C)s3)=Cc3c2cc(C)c(C)c3-c2ccccc2)s1.Cl.Cl. The van der Waals surface area contributed by atoms with Crippen molar-refractivity contribution in [2.45, 2.75) is 58.1 Å². The van der Waals surface area contributed by atoms with Crippen LogP contribution in [0.4, 0.5) is 0 Å². The predicted octanol–water partition coefficient (Wildman–Crippen LogP) is 14.1. The Balaban J connectivity index is 0.00000232. The van der Waals surface area contributed by atoms with Gasteiger partial charge in [-0.05, 0) is 0 Å². The fraction of sp³-hybridized carbons (Fsp3) is 0.217. The number of hydrogen-bond donors (Lipinski definition) is 0. The van der Waals surface area contributed by atoms with Crippen molar-refractivity contribution in [3.63, 3.8) is 0 Å². The summed E-state index contributed by atoms with van der Waals surface area (Å²) in [5.41, 5.74) is 20.2. The number of allylic oxidation sites excluding steroid dienone is 2. The van der Waals surface area contributed by atoms with Crippen LogP contribution in [0.2, 0.25) is 9.26 Å². The second-order valence-corrected chi connectivity index (χ2v) is 49.0. The van der Waals surface area contributed by atoms with Crippen LogP contribution < -0.4 is 0 Å². The van der Waals surface area contributed by atoms with Crippen molar-refractivity contribution in [1.29, 1.82) is 0 Å². The van der Waals surface area contributed by atoms with Crippen LogP contribution in [-0.2, 0) is 17.4 Å². The Bertz CT molecular complexity index is 2310. The van der Waals surface area contributed by atoms with E-state index in [0.717, 1.165) is 0 Å². The minimum atomic E-state index is -4.04. The average molecular weight is 855 g/mol. The fourth-order valence-electron chi connectivity index (χ4n) is 9.30. The molecular formula is C46H48Cl2S2SiZr. The zero-order valence-corrected chi connectivity index (χ0v) is 38.5. The Labute approximate surface area is 333 Å². The Morgan fingerprint density at radius 1 is 0.519 bits per heavy atom. The number of halogens is 2. The number of thiophene rings is 2. The molecule has 0 spiro atoms. The summed E-state index contributed by atoms with van der Waals surface area (Å²) < 4.78 is 6.37. The molecule has 0 aliphatic heterocycles. The van der Waals surface area contributed by atoms with E-state index in [2.05, 4.69) is 167 Å². The molecule has 0 amide bonds. The summed E-state index contributed by atoms with van der Waals surface area (Å²) in [6.45, 7) is 16.3. The molecule has 0 saturated heterocycles. The first-order chi connectivity index (χ1) is 23.8. The van der Waals surface area contributed by atoms with Crippen molar-refractivity contribution in [3.05, 3.63) is 161 Å². The second-order valence-electron chi connectivity index (χ2n) is 15.9. The summed E-state index contributed by atoms with van der Waals surface area (Å²) in [5, 5.41) is 0.